The van der Waals surface area contributed by atoms with Gasteiger partial charge in [-0.2, -0.15) is 0 Å². The Hall–Kier alpha value is -0.890. The van der Waals surface area contributed by atoms with Gasteiger partial charge >= 0.3 is 0 Å². The molecule has 0 aliphatic heterocycles. The summed E-state index contributed by atoms with van der Waals surface area (Å²) in [6.45, 7) is 1.90. The maximum Gasteiger partial charge on any atom is 0.145 e. The first-order valence-electron chi connectivity index (χ1n) is 5.11. The highest BCUT2D eigenvalue weighted by molar-refractivity contribution is 14.1. The van der Waals surface area contributed by atoms with Gasteiger partial charge in [0.25, 0.3) is 0 Å². The fourth-order valence-electron chi connectivity index (χ4n) is 1.40. The third-order valence-electron chi connectivity index (χ3n) is 2.49. The van der Waals surface area contributed by atoms with E-state index in [1.54, 1.807) is 12.3 Å². The Morgan fingerprint density at radius 1 is 1.44 bits per heavy atom. The molecule has 1 heterocycles. The molecular weight excluding hydrogens is 412 g/mol. The predicted octanol–water partition coefficient (Wildman–Crippen LogP) is 4.22. The maximum absolute atomic E-state index is 13.0. The normalized spacial score (nSPS) is 10.4. The van der Waals surface area contributed by atoms with E-state index in [1.165, 1.54) is 12.1 Å². The van der Waals surface area contributed by atoms with E-state index in [4.69, 9.17) is 5.73 Å². The summed E-state index contributed by atoms with van der Waals surface area (Å²) in [7, 11) is 0. The van der Waals surface area contributed by atoms with Crippen LogP contribution in [0.25, 0.3) is 0 Å². The number of nitrogens with one attached hydrogen (secondary N) is 1. The Kier molecular flexibility index (Phi) is 4.06. The second-order valence-electron chi connectivity index (χ2n) is 3.75. The molecule has 0 radical (unpaired) electrons. The molecule has 0 saturated carbocycles. The Morgan fingerprint density at radius 2 is 2.17 bits per heavy atom. The minimum absolute atomic E-state index is 0.259. The molecule has 1 aromatic heterocycles. The molecule has 0 bridgehead atoms. The lowest BCUT2D eigenvalue weighted by atomic mass is 10.2. The van der Waals surface area contributed by atoms with Crippen LogP contribution in [-0.2, 0) is 0 Å². The maximum atomic E-state index is 13.0. The highest BCUT2D eigenvalue weighted by Gasteiger charge is 2.09. The van der Waals surface area contributed by atoms with Crippen LogP contribution in [0, 0.1) is 16.3 Å². The summed E-state index contributed by atoms with van der Waals surface area (Å²) < 4.78 is 14.6. The van der Waals surface area contributed by atoms with E-state index in [9.17, 15) is 4.39 Å². The molecule has 0 atom stereocenters. The molecule has 0 fully saturated rings. The summed E-state index contributed by atoms with van der Waals surface area (Å²) in [4.78, 5) is 4.22. The molecule has 0 unspecified atom stereocenters. The molecule has 3 nitrogen and oxygen atoms in total. The summed E-state index contributed by atoms with van der Waals surface area (Å²) in [5.74, 6) is 0.400. The molecule has 0 aliphatic rings. The van der Waals surface area contributed by atoms with Gasteiger partial charge in [-0.05, 0) is 69.2 Å². The summed E-state index contributed by atoms with van der Waals surface area (Å²) in [5.41, 5.74) is 8.11. The van der Waals surface area contributed by atoms with Gasteiger partial charge in [0.15, 0.2) is 0 Å². The molecule has 0 aliphatic carbocycles. The average molecular weight is 422 g/mol. The molecule has 0 spiro atoms. The van der Waals surface area contributed by atoms with Crippen molar-refractivity contribution in [2.45, 2.75) is 6.92 Å². The van der Waals surface area contributed by atoms with E-state index < -0.39 is 0 Å². The van der Waals surface area contributed by atoms with Gasteiger partial charge in [-0.25, -0.2) is 9.37 Å². The molecule has 0 saturated heterocycles. The summed E-state index contributed by atoms with van der Waals surface area (Å²) >= 11 is 5.52. The highest BCUT2D eigenvalue weighted by atomic mass is 127. The van der Waals surface area contributed by atoms with Gasteiger partial charge in [0.05, 0.1) is 22.0 Å². The fraction of sp³-hybridized carbons (Fsp3) is 0.0833. The van der Waals surface area contributed by atoms with Crippen molar-refractivity contribution >= 4 is 55.7 Å². The molecule has 94 valence electrons. The number of halogens is 3. The van der Waals surface area contributed by atoms with E-state index in [0.29, 0.717) is 11.5 Å². The van der Waals surface area contributed by atoms with E-state index in [1.807, 2.05) is 6.92 Å². The Labute approximate surface area is 126 Å². The lowest BCUT2D eigenvalue weighted by Crippen LogP contribution is -2.00. The van der Waals surface area contributed by atoms with Crippen molar-refractivity contribution in [3.8, 4) is 0 Å². The van der Waals surface area contributed by atoms with E-state index >= 15 is 0 Å². The monoisotopic (exact) mass is 421 g/mol. The highest BCUT2D eigenvalue weighted by Crippen LogP contribution is 2.31. The van der Waals surface area contributed by atoms with E-state index in [-0.39, 0.29) is 5.82 Å². The Morgan fingerprint density at radius 3 is 2.83 bits per heavy atom. The molecule has 2 aromatic rings. The minimum Gasteiger partial charge on any atom is -0.397 e. The average Bonchev–Trinajstić information content (AvgIpc) is 2.33. The van der Waals surface area contributed by atoms with Crippen molar-refractivity contribution in [2.24, 2.45) is 0 Å². The van der Waals surface area contributed by atoms with Crippen molar-refractivity contribution in [2.75, 3.05) is 11.1 Å². The van der Waals surface area contributed by atoms with Crippen LogP contribution in [0.3, 0.4) is 0 Å². The van der Waals surface area contributed by atoms with Crippen molar-refractivity contribution in [3.63, 3.8) is 0 Å². The van der Waals surface area contributed by atoms with Crippen LogP contribution >= 0.6 is 38.5 Å². The zero-order valence-corrected chi connectivity index (χ0v) is 13.2. The number of nitrogen functional groups attached to an aromatic ring is 1. The standard InChI is InChI=1S/C12H10BrFIN3/c1-6-9(16)5-17-12(11(6)13)18-10-3-2-7(14)4-8(10)15/h2-5H,16H2,1H3,(H,17,18). The van der Waals surface area contributed by atoms with Crippen molar-refractivity contribution < 1.29 is 4.39 Å². The van der Waals surface area contributed by atoms with E-state index in [0.717, 1.165) is 19.3 Å². The summed E-state index contributed by atoms with van der Waals surface area (Å²) in [6.07, 6.45) is 1.60. The van der Waals surface area contributed by atoms with Gasteiger partial charge in [-0.15, -0.1) is 0 Å². The van der Waals surface area contributed by atoms with Crippen LogP contribution in [0.15, 0.2) is 28.9 Å². The number of benzene rings is 1. The second-order valence-corrected chi connectivity index (χ2v) is 5.71. The molecule has 18 heavy (non-hydrogen) atoms. The number of pyridine rings is 1. The van der Waals surface area contributed by atoms with Crippen LogP contribution in [-0.4, -0.2) is 4.98 Å². The molecule has 6 heteroatoms. The predicted molar refractivity (Wildman–Crippen MR) is 83.5 cm³/mol. The lowest BCUT2D eigenvalue weighted by Gasteiger charge is -2.12. The second kappa shape index (κ2) is 5.40. The topological polar surface area (TPSA) is 50.9 Å². The molecule has 2 rings (SSSR count). The van der Waals surface area contributed by atoms with Crippen LogP contribution in [0.5, 0.6) is 0 Å². The van der Waals surface area contributed by atoms with Crippen LogP contribution < -0.4 is 11.1 Å². The number of hydrogen-bond acceptors (Lipinski definition) is 3. The smallest absolute Gasteiger partial charge is 0.145 e. The zero-order chi connectivity index (χ0) is 13.3. The van der Waals surface area contributed by atoms with Gasteiger partial charge in [-0.3, -0.25) is 0 Å². The first kappa shape index (κ1) is 13.5. The lowest BCUT2D eigenvalue weighted by molar-refractivity contribution is 0.627. The van der Waals surface area contributed by atoms with Gasteiger partial charge in [-0.1, -0.05) is 0 Å². The third kappa shape index (κ3) is 2.74. The largest absolute Gasteiger partial charge is 0.397 e. The summed E-state index contributed by atoms with van der Waals surface area (Å²) in [6, 6.07) is 4.54. The molecular formula is C12H10BrFIN3. The number of hydrogen-bond donors (Lipinski definition) is 2. The first-order chi connectivity index (χ1) is 8.49. The number of aromatic nitrogens is 1. The first-order valence-corrected chi connectivity index (χ1v) is 6.99. The molecule has 1 aromatic carbocycles. The quantitative estimate of drug-likeness (QED) is 0.713. The van der Waals surface area contributed by atoms with Crippen LogP contribution in [0.2, 0.25) is 0 Å². The fourth-order valence-corrected chi connectivity index (χ4v) is 2.44. The van der Waals surface area contributed by atoms with Crippen LogP contribution in [0.4, 0.5) is 21.6 Å². The van der Waals surface area contributed by atoms with Crippen molar-refractivity contribution in [3.05, 3.63) is 43.8 Å². The summed E-state index contributed by atoms with van der Waals surface area (Å²) in [5, 5.41) is 3.15. The number of nitrogens with zero attached hydrogens (tertiary/aromatic N) is 1. The van der Waals surface area contributed by atoms with E-state index in [2.05, 4.69) is 48.8 Å². The van der Waals surface area contributed by atoms with Crippen molar-refractivity contribution in [1.29, 1.82) is 0 Å². The van der Waals surface area contributed by atoms with Gasteiger partial charge in [0.2, 0.25) is 0 Å². The zero-order valence-electron chi connectivity index (χ0n) is 9.47. The van der Waals surface area contributed by atoms with Gasteiger partial charge < -0.3 is 11.1 Å². The Bertz CT molecular complexity index is 604. The number of nitrogens with two attached hydrogens (primary N) is 1. The number of rotatable bonds is 2. The van der Waals surface area contributed by atoms with Gasteiger partial charge in [0, 0.05) is 3.57 Å². The Balaban J connectivity index is 2.37. The van der Waals surface area contributed by atoms with Crippen molar-refractivity contribution in [1.82, 2.24) is 4.98 Å². The molecule has 0 amide bonds. The minimum atomic E-state index is -0.259. The van der Waals surface area contributed by atoms with Gasteiger partial charge in [0.1, 0.15) is 11.6 Å². The SMILES string of the molecule is Cc1c(N)cnc(Nc2ccc(F)cc2I)c1Br. The third-order valence-corrected chi connectivity index (χ3v) is 4.35. The molecule has 3 N–H and O–H groups in total. The van der Waals surface area contributed by atoms with Crippen LogP contribution in [0.1, 0.15) is 5.56 Å². The number of anilines is 3.